The molecule has 6 nitrogen and oxygen atoms in total. The number of pyridine rings is 1. The van der Waals surface area contributed by atoms with E-state index >= 15 is 0 Å². The molecule has 198 valence electrons. The number of para-hydroxylation sites is 1. The minimum atomic E-state index is -1.86. The van der Waals surface area contributed by atoms with E-state index in [4.69, 9.17) is 4.74 Å². The Morgan fingerprint density at radius 1 is 0.921 bits per heavy atom. The summed E-state index contributed by atoms with van der Waals surface area (Å²) in [5.74, 6) is -0.614. The van der Waals surface area contributed by atoms with Gasteiger partial charge in [-0.1, -0.05) is 55.8 Å². The molecule has 0 aliphatic heterocycles. The lowest BCUT2D eigenvalue weighted by Gasteiger charge is -2.27. The second-order valence-corrected chi connectivity index (χ2v) is 10.4. The zero-order valence-electron chi connectivity index (χ0n) is 22.1. The first-order chi connectivity index (χ1) is 18.5. The van der Waals surface area contributed by atoms with Crippen LogP contribution in [0.25, 0.3) is 11.1 Å². The summed E-state index contributed by atoms with van der Waals surface area (Å²) in [6, 6.07) is 25.0. The first kappa shape index (κ1) is 27.5. The van der Waals surface area contributed by atoms with Gasteiger partial charge < -0.3 is 24.4 Å². The highest BCUT2D eigenvalue weighted by Gasteiger charge is 2.32. The average Bonchev–Trinajstić information content (AvgIpc) is 2.94. The first-order valence-corrected chi connectivity index (χ1v) is 14.0. The van der Waals surface area contributed by atoms with Crippen molar-refractivity contribution < 1.29 is 19.5 Å². The summed E-state index contributed by atoms with van der Waals surface area (Å²) in [4.78, 5) is 6.78. The molecular weight excluding hydrogens is 496 g/mol. The Bertz CT molecular complexity index is 1350. The normalized spacial score (nSPS) is 11.9. The molecule has 0 spiro atoms. The topological polar surface area (TPSA) is 88.9 Å². The van der Waals surface area contributed by atoms with Gasteiger partial charge in [-0.3, -0.25) is 0 Å². The smallest absolute Gasteiger partial charge is 0.273 e. The molecule has 2 N–H and O–H groups in total. The third-order valence-electron chi connectivity index (χ3n) is 6.46. The van der Waals surface area contributed by atoms with Crippen LogP contribution in [0.5, 0.6) is 11.6 Å². The molecule has 38 heavy (non-hydrogen) atoms. The number of ether oxygens (including phenoxy) is 1. The van der Waals surface area contributed by atoms with Crippen molar-refractivity contribution in [3.63, 3.8) is 0 Å². The molecule has 1 aromatic heterocycles. The number of aromatic hydroxyl groups is 2. The highest BCUT2D eigenvalue weighted by atomic mass is 32.2. The van der Waals surface area contributed by atoms with Crippen LogP contribution in [0.15, 0.2) is 88.7 Å². The van der Waals surface area contributed by atoms with Gasteiger partial charge >= 0.3 is 0 Å². The van der Waals surface area contributed by atoms with Crippen LogP contribution in [0.1, 0.15) is 37.9 Å². The summed E-state index contributed by atoms with van der Waals surface area (Å²) in [6.07, 6.45) is 2.37. The van der Waals surface area contributed by atoms with E-state index in [1.807, 2.05) is 78.6 Å². The fraction of sp³-hybridized carbons (Fsp3) is 0.258. The molecule has 0 amide bonds. The van der Waals surface area contributed by atoms with Crippen molar-refractivity contribution in [1.29, 1.82) is 0 Å². The van der Waals surface area contributed by atoms with Crippen molar-refractivity contribution in [2.45, 2.75) is 49.5 Å². The number of benzene rings is 3. The van der Waals surface area contributed by atoms with E-state index in [9.17, 15) is 14.8 Å². The lowest BCUT2D eigenvalue weighted by atomic mass is 10.0. The number of aromatic nitrogens is 1. The van der Waals surface area contributed by atoms with Gasteiger partial charge in [0.05, 0.1) is 12.3 Å². The average molecular weight is 531 g/mol. The van der Waals surface area contributed by atoms with E-state index in [0.29, 0.717) is 35.8 Å². The van der Waals surface area contributed by atoms with E-state index in [2.05, 4.69) is 11.9 Å². The first-order valence-electron chi connectivity index (χ1n) is 12.9. The molecule has 4 rings (SSSR count). The second-order valence-electron chi connectivity index (χ2n) is 8.98. The van der Waals surface area contributed by atoms with Crippen LogP contribution in [-0.4, -0.2) is 33.4 Å². The summed E-state index contributed by atoms with van der Waals surface area (Å²) >= 11 is -1.86. The highest BCUT2D eigenvalue weighted by molar-refractivity contribution is 7.91. The molecule has 0 saturated heterocycles. The van der Waals surface area contributed by atoms with Crippen molar-refractivity contribution in [2.24, 2.45) is 0 Å². The van der Waals surface area contributed by atoms with Crippen LogP contribution in [0.4, 0.5) is 11.4 Å². The van der Waals surface area contributed by atoms with Crippen molar-refractivity contribution >= 4 is 22.6 Å². The number of aryl methyl sites for hydroxylation is 1. The van der Waals surface area contributed by atoms with Gasteiger partial charge in [0.1, 0.15) is 5.69 Å². The molecule has 3 aromatic carbocycles. The Morgan fingerprint density at radius 3 is 2.26 bits per heavy atom. The van der Waals surface area contributed by atoms with E-state index in [1.165, 1.54) is 0 Å². The maximum Gasteiger partial charge on any atom is 0.273 e. The molecule has 1 unspecified atom stereocenters. The number of hydrogen-bond donors (Lipinski definition) is 2. The maximum absolute atomic E-state index is 13.7. The molecule has 0 aliphatic carbocycles. The zero-order valence-corrected chi connectivity index (χ0v) is 22.9. The summed E-state index contributed by atoms with van der Waals surface area (Å²) in [6.45, 7) is 5.11. The molecule has 0 fully saturated rings. The standard InChI is InChI=1S/C31H34N2O4S/c1-4-6-16-27-28(33(5-2)24-13-8-7-9-14-24)29(34)30(31(35)32-27)38(36)25-19-17-22(18-20-25)26-15-11-10-12-23(26)21-37-3/h7-15,17-20H,4-6,16,21H2,1-3H3,(H2,32,34,35). The van der Waals surface area contributed by atoms with Gasteiger partial charge in [0, 0.05) is 30.5 Å². The number of nitrogens with zero attached hydrogens (tertiary/aromatic N) is 2. The Balaban J connectivity index is 1.76. The fourth-order valence-corrected chi connectivity index (χ4v) is 5.69. The van der Waals surface area contributed by atoms with Crippen LogP contribution < -0.4 is 4.90 Å². The summed E-state index contributed by atoms with van der Waals surface area (Å²) in [7, 11) is 1.66. The third kappa shape index (κ3) is 5.80. The van der Waals surface area contributed by atoms with Gasteiger partial charge in [-0.2, -0.15) is 0 Å². The molecule has 0 saturated carbocycles. The largest absolute Gasteiger partial charge is 0.606 e. The Labute approximate surface area is 227 Å². The monoisotopic (exact) mass is 530 g/mol. The van der Waals surface area contributed by atoms with Gasteiger partial charge in [0.25, 0.3) is 10.8 Å². The van der Waals surface area contributed by atoms with Crippen LogP contribution in [0, 0.1) is 0 Å². The molecular formula is C31H34N2O4S. The number of anilines is 2. The van der Waals surface area contributed by atoms with Gasteiger partial charge in [-0.25, -0.2) is 4.98 Å². The predicted octanol–water partition coefficient (Wildman–Crippen LogP) is 6.97. The second kappa shape index (κ2) is 12.8. The molecule has 1 heterocycles. The molecule has 1 atom stereocenters. The van der Waals surface area contributed by atoms with Crippen LogP contribution in [0.3, 0.4) is 0 Å². The predicted molar refractivity (Wildman–Crippen MR) is 153 cm³/mol. The number of rotatable bonds is 11. The molecule has 0 radical (unpaired) electrons. The van der Waals surface area contributed by atoms with Gasteiger partial charge in [0.2, 0.25) is 5.75 Å². The minimum absolute atomic E-state index is 0.0813. The van der Waals surface area contributed by atoms with Gasteiger partial charge in [-0.15, -0.1) is 0 Å². The van der Waals surface area contributed by atoms with Crippen LogP contribution >= 0.6 is 0 Å². The Hall–Kier alpha value is -3.52. The molecule has 4 aromatic rings. The van der Waals surface area contributed by atoms with E-state index in [-0.39, 0.29) is 10.6 Å². The van der Waals surface area contributed by atoms with Gasteiger partial charge in [-0.05, 0) is 72.9 Å². The lowest BCUT2D eigenvalue weighted by Crippen LogP contribution is -2.20. The third-order valence-corrected chi connectivity index (χ3v) is 7.91. The number of unbranched alkanes of at least 4 members (excludes halogenated alkanes) is 1. The Morgan fingerprint density at radius 2 is 1.61 bits per heavy atom. The fourth-order valence-electron chi connectivity index (χ4n) is 4.59. The summed E-state index contributed by atoms with van der Waals surface area (Å²) in [5.41, 5.74) is 4.99. The lowest BCUT2D eigenvalue weighted by molar-refractivity contribution is 0.185. The van der Waals surface area contributed by atoms with Crippen LogP contribution in [0.2, 0.25) is 0 Å². The van der Waals surface area contributed by atoms with E-state index < -0.39 is 17.1 Å². The van der Waals surface area contributed by atoms with Crippen molar-refractivity contribution in [3.05, 3.63) is 90.1 Å². The molecule has 0 bridgehead atoms. The van der Waals surface area contributed by atoms with Crippen molar-refractivity contribution in [2.75, 3.05) is 18.6 Å². The quantitative estimate of drug-likeness (QED) is 0.204. The summed E-state index contributed by atoms with van der Waals surface area (Å²) in [5, 5.41) is 22.4. The molecule has 0 aliphatic rings. The van der Waals surface area contributed by atoms with E-state index in [1.54, 1.807) is 19.2 Å². The minimum Gasteiger partial charge on any atom is -0.606 e. The van der Waals surface area contributed by atoms with Crippen molar-refractivity contribution in [1.82, 2.24) is 4.98 Å². The molecule has 7 heteroatoms. The van der Waals surface area contributed by atoms with E-state index in [0.717, 1.165) is 35.2 Å². The number of methoxy groups -OCH3 is 1. The highest BCUT2D eigenvalue weighted by Crippen LogP contribution is 2.45. The summed E-state index contributed by atoms with van der Waals surface area (Å²) < 4.78 is 19.1. The number of hydrogen-bond acceptors (Lipinski definition) is 6. The Kier molecular flexibility index (Phi) is 9.29. The maximum atomic E-state index is 13.7. The van der Waals surface area contributed by atoms with Crippen LogP contribution in [-0.2, 0) is 28.9 Å². The zero-order chi connectivity index (χ0) is 27.1. The van der Waals surface area contributed by atoms with Gasteiger partial charge in [0.15, 0.2) is 4.90 Å². The SMILES string of the molecule is CCCCc1nc(O)c([S+]([O-])c2ccc(-c3ccccc3COC)cc2)c(O)c1N(CC)c1ccccc1. The van der Waals surface area contributed by atoms with Crippen molar-refractivity contribution in [3.8, 4) is 22.8 Å².